The summed E-state index contributed by atoms with van der Waals surface area (Å²) in [5.41, 5.74) is 2.65. The van der Waals surface area contributed by atoms with Crippen LogP contribution in [0.1, 0.15) is 40.1 Å². The molecule has 120 valence electrons. The Hall–Kier alpha value is -2.62. The van der Waals surface area contributed by atoms with E-state index in [0.29, 0.717) is 23.4 Å². The molecule has 0 atom stereocenters. The third-order valence-corrected chi connectivity index (χ3v) is 3.22. The maximum atomic E-state index is 12.2. The molecule has 0 saturated carbocycles. The predicted molar refractivity (Wildman–Crippen MR) is 90.7 cm³/mol. The average molecular weight is 311 g/mol. The summed E-state index contributed by atoms with van der Waals surface area (Å²) in [5.74, 6) is -0.314. The van der Waals surface area contributed by atoms with E-state index in [0.717, 1.165) is 5.56 Å². The van der Waals surface area contributed by atoms with Gasteiger partial charge in [0, 0.05) is 11.3 Å². The van der Waals surface area contributed by atoms with Gasteiger partial charge in [0.15, 0.2) is 0 Å². The number of hydrogen-bond acceptors (Lipinski definition) is 3. The first-order valence-corrected chi connectivity index (χ1v) is 7.61. The topological polar surface area (TPSA) is 55.4 Å². The Morgan fingerprint density at radius 2 is 1.74 bits per heavy atom. The SMILES string of the molecule is Cc1ccc(C(=O)Nc2cccc(C(=O)OCC(C)C)c2)cc1. The molecule has 0 saturated heterocycles. The van der Waals surface area contributed by atoms with Crippen molar-refractivity contribution in [3.05, 3.63) is 65.2 Å². The Morgan fingerprint density at radius 3 is 2.39 bits per heavy atom. The van der Waals surface area contributed by atoms with Crippen LogP contribution in [0.2, 0.25) is 0 Å². The van der Waals surface area contributed by atoms with Crippen molar-refractivity contribution >= 4 is 17.6 Å². The van der Waals surface area contributed by atoms with Crippen LogP contribution < -0.4 is 5.32 Å². The molecule has 2 aromatic carbocycles. The van der Waals surface area contributed by atoms with E-state index in [2.05, 4.69) is 5.32 Å². The van der Waals surface area contributed by atoms with Crippen LogP contribution in [0, 0.1) is 12.8 Å². The fraction of sp³-hybridized carbons (Fsp3) is 0.263. The number of carbonyl (C=O) groups excluding carboxylic acids is 2. The number of aryl methyl sites for hydroxylation is 1. The summed E-state index contributed by atoms with van der Waals surface area (Å²) >= 11 is 0. The van der Waals surface area contributed by atoms with Gasteiger partial charge >= 0.3 is 5.97 Å². The summed E-state index contributed by atoms with van der Waals surface area (Å²) in [6, 6.07) is 14.1. The van der Waals surface area contributed by atoms with Crippen LogP contribution in [0.25, 0.3) is 0 Å². The van der Waals surface area contributed by atoms with Gasteiger partial charge in [0.2, 0.25) is 0 Å². The number of benzene rings is 2. The molecule has 0 heterocycles. The van der Waals surface area contributed by atoms with Crippen molar-refractivity contribution in [3.8, 4) is 0 Å². The second-order valence-electron chi connectivity index (χ2n) is 5.89. The second-order valence-corrected chi connectivity index (χ2v) is 5.89. The number of ether oxygens (including phenoxy) is 1. The number of amides is 1. The van der Waals surface area contributed by atoms with Gasteiger partial charge in [-0.15, -0.1) is 0 Å². The van der Waals surface area contributed by atoms with Gasteiger partial charge in [-0.2, -0.15) is 0 Å². The summed E-state index contributed by atoms with van der Waals surface area (Å²) < 4.78 is 5.20. The number of hydrogen-bond donors (Lipinski definition) is 1. The summed E-state index contributed by atoms with van der Waals surface area (Å²) in [7, 11) is 0. The molecule has 0 radical (unpaired) electrons. The quantitative estimate of drug-likeness (QED) is 0.847. The summed E-state index contributed by atoms with van der Waals surface area (Å²) in [6.07, 6.45) is 0. The molecule has 4 nitrogen and oxygen atoms in total. The minimum atomic E-state index is -0.384. The monoisotopic (exact) mass is 311 g/mol. The highest BCUT2D eigenvalue weighted by molar-refractivity contribution is 6.04. The molecule has 0 fully saturated rings. The number of nitrogens with one attached hydrogen (secondary N) is 1. The van der Waals surface area contributed by atoms with Crippen molar-refractivity contribution < 1.29 is 14.3 Å². The molecular formula is C19H21NO3. The first-order valence-electron chi connectivity index (χ1n) is 7.61. The van der Waals surface area contributed by atoms with Crippen molar-refractivity contribution in [2.24, 2.45) is 5.92 Å². The second kappa shape index (κ2) is 7.58. The highest BCUT2D eigenvalue weighted by Crippen LogP contribution is 2.14. The third-order valence-electron chi connectivity index (χ3n) is 3.22. The first kappa shape index (κ1) is 16.7. The molecule has 23 heavy (non-hydrogen) atoms. The molecule has 1 N–H and O–H groups in total. The molecule has 0 aliphatic carbocycles. The van der Waals surface area contributed by atoms with Crippen molar-refractivity contribution in [3.63, 3.8) is 0 Å². The van der Waals surface area contributed by atoms with Crippen molar-refractivity contribution in [1.82, 2.24) is 0 Å². The zero-order valence-electron chi connectivity index (χ0n) is 13.6. The zero-order chi connectivity index (χ0) is 16.8. The van der Waals surface area contributed by atoms with Crippen LogP contribution in [0.3, 0.4) is 0 Å². The van der Waals surface area contributed by atoms with Gasteiger partial charge in [-0.05, 0) is 43.2 Å². The Balaban J connectivity index is 2.06. The maximum Gasteiger partial charge on any atom is 0.338 e. The lowest BCUT2D eigenvalue weighted by molar-refractivity contribution is 0.0459. The molecule has 1 amide bonds. The molecule has 0 aliphatic heterocycles. The molecule has 0 unspecified atom stereocenters. The molecule has 4 heteroatoms. The van der Waals surface area contributed by atoms with E-state index >= 15 is 0 Å². The van der Waals surface area contributed by atoms with E-state index < -0.39 is 0 Å². The van der Waals surface area contributed by atoms with E-state index in [1.807, 2.05) is 32.9 Å². The summed E-state index contributed by atoms with van der Waals surface area (Å²) in [6.45, 7) is 6.30. The maximum absolute atomic E-state index is 12.2. The third kappa shape index (κ3) is 4.95. The van der Waals surface area contributed by atoms with Gasteiger partial charge in [0.05, 0.1) is 12.2 Å². The van der Waals surface area contributed by atoms with Gasteiger partial charge in [-0.1, -0.05) is 37.6 Å². The van der Waals surface area contributed by atoms with Crippen LogP contribution in [-0.4, -0.2) is 18.5 Å². The molecular weight excluding hydrogens is 290 g/mol. The lowest BCUT2D eigenvalue weighted by Gasteiger charge is -2.09. The van der Waals surface area contributed by atoms with Gasteiger partial charge in [0.25, 0.3) is 5.91 Å². The van der Waals surface area contributed by atoms with Crippen molar-refractivity contribution in [2.45, 2.75) is 20.8 Å². The largest absolute Gasteiger partial charge is 0.462 e. The Morgan fingerprint density at radius 1 is 1.04 bits per heavy atom. The molecule has 0 aromatic heterocycles. The fourth-order valence-corrected chi connectivity index (χ4v) is 1.96. The fourth-order valence-electron chi connectivity index (χ4n) is 1.96. The number of esters is 1. The Labute approximate surface area is 136 Å². The van der Waals surface area contributed by atoms with Gasteiger partial charge in [-0.25, -0.2) is 4.79 Å². The normalized spacial score (nSPS) is 10.4. The molecule has 0 aliphatic rings. The van der Waals surface area contributed by atoms with E-state index in [1.54, 1.807) is 36.4 Å². The van der Waals surface area contributed by atoms with Crippen LogP contribution >= 0.6 is 0 Å². The first-order chi connectivity index (χ1) is 11.0. The highest BCUT2D eigenvalue weighted by Gasteiger charge is 2.11. The molecule has 2 rings (SSSR count). The lowest BCUT2D eigenvalue weighted by Crippen LogP contribution is -2.13. The Bertz CT molecular complexity index is 690. The molecule has 0 spiro atoms. The summed E-state index contributed by atoms with van der Waals surface area (Å²) in [4.78, 5) is 24.2. The lowest BCUT2D eigenvalue weighted by atomic mass is 10.1. The summed E-state index contributed by atoms with van der Waals surface area (Å²) in [5, 5.41) is 2.79. The van der Waals surface area contributed by atoms with Crippen LogP contribution in [0.4, 0.5) is 5.69 Å². The number of rotatable bonds is 5. The predicted octanol–water partition coefficient (Wildman–Crippen LogP) is 4.06. The van der Waals surface area contributed by atoms with Crippen molar-refractivity contribution in [2.75, 3.05) is 11.9 Å². The van der Waals surface area contributed by atoms with Crippen molar-refractivity contribution in [1.29, 1.82) is 0 Å². The van der Waals surface area contributed by atoms with Gasteiger partial charge in [-0.3, -0.25) is 4.79 Å². The minimum Gasteiger partial charge on any atom is -0.462 e. The highest BCUT2D eigenvalue weighted by atomic mass is 16.5. The van der Waals surface area contributed by atoms with Crippen LogP contribution in [0.5, 0.6) is 0 Å². The standard InChI is InChI=1S/C19H21NO3/c1-13(2)12-23-19(22)16-5-4-6-17(11-16)20-18(21)15-9-7-14(3)8-10-15/h4-11,13H,12H2,1-3H3,(H,20,21). The smallest absolute Gasteiger partial charge is 0.338 e. The van der Waals surface area contributed by atoms with Gasteiger partial charge < -0.3 is 10.1 Å². The average Bonchev–Trinajstić information content (AvgIpc) is 2.53. The minimum absolute atomic E-state index is 0.210. The van der Waals surface area contributed by atoms with E-state index in [-0.39, 0.29) is 17.8 Å². The van der Waals surface area contributed by atoms with E-state index in [1.165, 1.54) is 0 Å². The van der Waals surface area contributed by atoms with Gasteiger partial charge in [0.1, 0.15) is 0 Å². The molecule has 2 aromatic rings. The molecule has 0 bridgehead atoms. The van der Waals surface area contributed by atoms with E-state index in [9.17, 15) is 9.59 Å². The Kier molecular flexibility index (Phi) is 5.52. The van der Waals surface area contributed by atoms with Crippen LogP contribution in [0.15, 0.2) is 48.5 Å². The zero-order valence-corrected chi connectivity index (χ0v) is 13.6. The van der Waals surface area contributed by atoms with Crippen LogP contribution in [-0.2, 0) is 4.74 Å². The number of carbonyl (C=O) groups is 2. The number of anilines is 1. The van der Waals surface area contributed by atoms with E-state index in [4.69, 9.17) is 4.74 Å².